The number of rotatable bonds is 5. The Morgan fingerprint density at radius 3 is 2.68 bits per heavy atom. The first-order valence-corrected chi connectivity index (χ1v) is 8.44. The molecule has 2 aliphatic carbocycles. The lowest BCUT2D eigenvalue weighted by Crippen LogP contribution is -2.42. The lowest BCUT2D eigenvalue weighted by atomic mass is 9.57. The van der Waals surface area contributed by atoms with Gasteiger partial charge in [-0.25, -0.2) is 0 Å². The Morgan fingerprint density at radius 2 is 2.00 bits per heavy atom. The fourth-order valence-corrected chi connectivity index (χ4v) is 5.22. The highest BCUT2D eigenvalue weighted by Gasteiger charge is 2.54. The Bertz CT molecular complexity index is 331. The molecule has 19 heavy (non-hydrogen) atoms. The van der Waals surface area contributed by atoms with Crippen LogP contribution in [-0.2, 0) is 4.79 Å². The molecule has 0 aromatic heterocycles. The summed E-state index contributed by atoms with van der Waals surface area (Å²) in [5.41, 5.74) is 0.724. The second kappa shape index (κ2) is 5.58. The van der Waals surface area contributed by atoms with Crippen molar-refractivity contribution < 1.29 is 4.79 Å². The van der Waals surface area contributed by atoms with Crippen LogP contribution in [0.25, 0.3) is 0 Å². The standard InChI is InChI=1S/C18H32O/c1-5-6-7-12-17(2,3)16-11-10-14-15(19)9-8-13-18(14,16)4/h14,16H,5-13H2,1-4H3. The number of carbonyl (C=O) groups is 1. The average molecular weight is 264 g/mol. The van der Waals surface area contributed by atoms with Crippen molar-refractivity contribution in [3.8, 4) is 0 Å². The lowest BCUT2D eigenvalue weighted by Gasteiger charge is -2.46. The third-order valence-electron chi connectivity index (χ3n) is 6.23. The number of hydrogen-bond donors (Lipinski definition) is 0. The molecule has 0 heterocycles. The van der Waals surface area contributed by atoms with Crippen LogP contribution in [0, 0.1) is 22.7 Å². The Kier molecular flexibility index (Phi) is 4.42. The molecule has 2 fully saturated rings. The van der Waals surface area contributed by atoms with E-state index < -0.39 is 0 Å². The summed E-state index contributed by atoms with van der Waals surface area (Å²) < 4.78 is 0. The molecule has 0 spiro atoms. The molecule has 0 aliphatic heterocycles. The van der Waals surface area contributed by atoms with Gasteiger partial charge in [0, 0.05) is 12.3 Å². The van der Waals surface area contributed by atoms with Gasteiger partial charge in [0.15, 0.2) is 0 Å². The highest BCUT2D eigenvalue weighted by atomic mass is 16.1. The molecular weight excluding hydrogens is 232 g/mol. The van der Waals surface area contributed by atoms with Crippen molar-refractivity contribution in [3.63, 3.8) is 0 Å². The maximum Gasteiger partial charge on any atom is 0.136 e. The van der Waals surface area contributed by atoms with Crippen LogP contribution in [0.5, 0.6) is 0 Å². The zero-order valence-corrected chi connectivity index (χ0v) is 13.4. The van der Waals surface area contributed by atoms with Gasteiger partial charge >= 0.3 is 0 Å². The summed E-state index contributed by atoms with van der Waals surface area (Å²) in [6, 6.07) is 0. The molecule has 3 atom stereocenters. The van der Waals surface area contributed by atoms with Crippen LogP contribution < -0.4 is 0 Å². The summed E-state index contributed by atoms with van der Waals surface area (Å²) in [5.74, 6) is 1.71. The van der Waals surface area contributed by atoms with E-state index in [0.29, 0.717) is 22.5 Å². The van der Waals surface area contributed by atoms with E-state index >= 15 is 0 Å². The minimum atomic E-state index is 0.311. The quantitative estimate of drug-likeness (QED) is 0.609. The second-order valence-corrected chi connectivity index (χ2v) is 7.95. The van der Waals surface area contributed by atoms with Crippen LogP contribution in [0.15, 0.2) is 0 Å². The van der Waals surface area contributed by atoms with Crippen molar-refractivity contribution in [1.82, 2.24) is 0 Å². The van der Waals surface area contributed by atoms with Gasteiger partial charge in [-0.3, -0.25) is 4.79 Å². The highest BCUT2D eigenvalue weighted by Crippen LogP contribution is 2.60. The smallest absolute Gasteiger partial charge is 0.136 e. The monoisotopic (exact) mass is 264 g/mol. The maximum absolute atomic E-state index is 12.2. The normalized spacial score (nSPS) is 35.5. The Morgan fingerprint density at radius 1 is 1.26 bits per heavy atom. The van der Waals surface area contributed by atoms with Crippen LogP contribution in [0.1, 0.15) is 85.5 Å². The molecule has 0 saturated heterocycles. The van der Waals surface area contributed by atoms with E-state index in [-0.39, 0.29) is 0 Å². The van der Waals surface area contributed by atoms with Gasteiger partial charge in [0.1, 0.15) is 5.78 Å². The molecule has 3 unspecified atom stereocenters. The zero-order chi connectivity index (χ0) is 14.1. The van der Waals surface area contributed by atoms with Gasteiger partial charge in [0.2, 0.25) is 0 Å². The van der Waals surface area contributed by atoms with Gasteiger partial charge in [-0.2, -0.15) is 0 Å². The molecule has 1 heteroatoms. The predicted molar refractivity (Wildman–Crippen MR) is 81.1 cm³/mol. The number of fused-ring (bicyclic) bond motifs is 1. The van der Waals surface area contributed by atoms with E-state index in [1.165, 1.54) is 38.5 Å². The lowest BCUT2D eigenvalue weighted by molar-refractivity contribution is -0.130. The third kappa shape index (κ3) is 2.76. The van der Waals surface area contributed by atoms with Gasteiger partial charge in [-0.05, 0) is 48.9 Å². The largest absolute Gasteiger partial charge is 0.299 e. The molecule has 2 rings (SSSR count). The van der Waals surface area contributed by atoms with E-state index in [1.807, 2.05) is 0 Å². The van der Waals surface area contributed by atoms with E-state index in [2.05, 4.69) is 27.7 Å². The number of ketones is 1. The molecule has 2 saturated carbocycles. The molecule has 0 bridgehead atoms. The summed E-state index contributed by atoms with van der Waals surface area (Å²) >= 11 is 0. The number of Topliss-reactive ketones (excluding diaryl/α,β-unsaturated/α-hetero) is 1. The minimum absolute atomic E-state index is 0.311. The fraction of sp³-hybridized carbons (Fsp3) is 0.944. The topological polar surface area (TPSA) is 17.1 Å². The third-order valence-corrected chi connectivity index (χ3v) is 6.23. The molecular formula is C18H32O. The molecule has 0 amide bonds. The first-order chi connectivity index (χ1) is 8.92. The van der Waals surface area contributed by atoms with Crippen LogP contribution in [0.4, 0.5) is 0 Å². The van der Waals surface area contributed by atoms with Crippen molar-refractivity contribution in [2.45, 2.75) is 85.5 Å². The number of hydrogen-bond acceptors (Lipinski definition) is 1. The van der Waals surface area contributed by atoms with E-state index in [9.17, 15) is 4.79 Å². The minimum Gasteiger partial charge on any atom is -0.299 e. The number of carbonyl (C=O) groups excluding carboxylic acids is 1. The first-order valence-electron chi connectivity index (χ1n) is 8.44. The Balaban J connectivity index is 2.09. The molecule has 1 nitrogen and oxygen atoms in total. The van der Waals surface area contributed by atoms with E-state index in [1.54, 1.807) is 0 Å². The van der Waals surface area contributed by atoms with Crippen molar-refractivity contribution >= 4 is 5.78 Å². The van der Waals surface area contributed by atoms with Crippen molar-refractivity contribution in [2.75, 3.05) is 0 Å². The molecule has 2 aliphatic rings. The molecule has 110 valence electrons. The second-order valence-electron chi connectivity index (χ2n) is 7.95. The van der Waals surface area contributed by atoms with Crippen LogP contribution in [0.2, 0.25) is 0 Å². The predicted octanol–water partition coefficient (Wildman–Crippen LogP) is 5.38. The molecule has 0 N–H and O–H groups in total. The average Bonchev–Trinajstić information content (AvgIpc) is 2.68. The van der Waals surface area contributed by atoms with E-state index in [0.717, 1.165) is 25.2 Å². The van der Waals surface area contributed by atoms with Crippen LogP contribution in [-0.4, -0.2) is 5.78 Å². The first kappa shape index (κ1) is 15.1. The van der Waals surface area contributed by atoms with Gasteiger partial charge in [0.05, 0.1) is 0 Å². The highest BCUT2D eigenvalue weighted by molar-refractivity contribution is 5.83. The van der Waals surface area contributed by atoms with Crippen molar-refractivity contribution in [3.05, 3.63) is 0 Å². The van der Waals surface area contributed by atoms with Crippen molar-refractivity contribution in [1.29, 1.82) is 0 Å². The SMILES string of the molecule is CCCCCC(C)(C)C1CCC2C(=O)CCCC21C. The maximum atomic E-state index is 12.2. The van der Waals surface area contributed by atoms with Gasteiger partial charge in [0.25, 0.3) is 0 Å². The molecule has 0 aromatic rings. The molecule has 0 radical (unpaired) electrons. The summed E-state index contributed by atoms with van der Waals surface area (Å²) in [6.07, 6.45) is 11.1. The van der Waals surface area contributed by atoms with Crippen LogP contribution in [0.3, 0.4) is 0 Å². The van der Waals surface area contributed by atoms with E-state index in [4.69, 9.17) is 0 Å². The number of unbranched alkanes of at least 4 members (excludes halogenated alkanes) is 2. The summed E-state index contributed by atoms with van der Waals surface area (Å²) in [7, 11) is 0. The Hall–Kier alpha value is -0.330. The van der Waals surface area contributed by atoms with Gasteiger partial charge in [-0.15, -0.1) is 0 Å². The fourth-order valence-electron chi connectivity index (χ4n) is 5.22. The summed E-state index contributed by atoms with van der Waals surface area (Å²) in [5, 5.41) is 0. The zero-order valence-electron chi connectivity index (χ0n) is 13.4. The van der Waals surface area contributed by atoms with Crippen LogP contribution >= 0.6 is 0 Å². The van der Waals surface area contributed by atoms with Gasteiger partial charge in [-0.1, -0.05) is 47.0 Å². The summed E-state index contributed by atoms with van der Waals surface area (Å²) in [4.78, 5) is 12.2. The Labute approximate surface area is 119 Å². The van der Waals surface area contributed by atoms with Gasteiger partial charge < -0.3 is 0 Å². The van der Waals surface area contributed by atoms with Crippen molar-refractivity contribution in [2.24, 2.45) is 22.7 Å². The molecule has 0 aromatic carbocycles. The summed E-state index contributed by atoms with van der Waals surface area (Å²) in [6.45, 7) is 9.62.